The summed E-state index contributed by atoms with van der Waals surface area (Å²) in [6.07, 6.45) is 3.68. The van der Waals surface area contributed by atoms with E-state index in [0.717, 1.165) is 57.6 Å². The fourth-order valence-corrected chi connectivity index (χ4v) is 6.13. The Kier molecular flexibility index (Phi) is 6.04. The molecule has 0 radical (unpaired) electrons. The van der Waals surface area contributed by atoms with Crippen LogP contribution in [-0.2, 0) is 4.79 Å². The highest BCUT2D eigenvalue weighted by atomic mass is 32.1. The first kappa shape index (κ1) is 23.7. The smallest absolute Gasteiger partial charge is 0.236 e. The maximum atomic E-state index is 12.2. The first-order valence-corrected chi connectivity index (χ1v) is 13.0. The molecule has 1 N–H and O–H groups in total. The highest BCUT2D eigenvalue weighted by Gasteiger charge is 2.29. The van der Waals surface area contributed by atoms with E-state index >= 15 is 0 Å². The van der Waals surface area contributed by atoms with Crippen LogP contribution in [0.3, 0.4) is 0 Å². The highest BCUT2D eigenvalue weighted by molar-refractivity contribution is 7.21. The molecule has 0 spiro atoms. The molecule has 0 aromatic carbocycles. The molecular formula is C25H34N8OS. The number of H-pyrrole nitrogens is 1. The van der Waals surface area contributed by atoms with Gasteiger partial charge in [-0.3, -0.25) is 9.69 Å². The van der Waals surface area contributed by atoms with E-state index in [9.17, 15) is 4.79 Å². The van der Waals surface area contributed by atoms with Crippen molar-refractivity contribution in [3.05, 3.63) is 29.2 Å². The Labute approximate surface area is 209 Å². The minimum absolute atomic E-state index is 0.150. The second-order valence-electron chi connectivity index (χ2n) is 10.1. The Balaban J connectivity index is 1.48. The normalized spacial score (nSPS) is 17.3. The largest absolute Gasteiger partial charge is 0.348 e. The van der Waals surface area contributed by atoms with Gasteiger partial charge in [0.05, 0.1) is 12.2 Å². The topological polar surface area (TPSA) is 85.7 Å². The summed E-state index contributed by atoms with van der Waals surface area (Å²) >= 11 is 1.72. The number of likely N-dealkylation sites (N-methyl/N-ethyl adjacent to an activating group) is 1. The summed E-state index contributed by atoms with van der Waals surface area (Å²) in [7, 11) is 3.63. The lowest BCUT2D eigenvalue weighted by atomic mass is 9.96. The SMILES string of the molecule is Cc1c(-c2[nH]c3sc(N4CCN(CC(=O)N(C)C)C[C@H]4C)nc3c2C(C)C)cn2ncnc2c1C. The molecule has 4 aromatic heterocycles. The van der Waals surface area contributed by atoms with Crippen molar-refractivity contribution in [1.82, 2.24) is 34.4 Å². The fraction of sp³-hybridized carbons (Fsp3) is 0.520. The van der Waals surface area contributed by atoms with Crippen molar-refractivity contribution in [1.29, 1.82) is 0 Å². The minimum atomic E-state index is 0.150. The lowest BCUT2D eigenvalue weighted by molar-refractivity contribution is -0.130. The predicted molar refractivity (Wildman–Crippen MR) is 141 cm³/mol. The monoisotopic (exact) mass is 494 g/mol. The lowest BCUT2D eigenvalue weighted by Gasteiger charge is -2.39. The zero-order valence-corrected chi connectivity index (χ0v) is 22.4. The van der Waals surface area contributed by atoms with Crippen LogP contribution in [0.1, 0.15) is 43.4 Å². The molecular weight excluding hydrogens is 460 g/mol. The minimum Gasteiger partial charge on any atom is -0.348 e. The van der Waals surface area contributed by atoms with E-state index in [2.05, 4.69) is 65.7 Å². The number of nitrogens with one attached hydrogen (secondary N) is 1. The van der Waals surface area contributed by atoms with Crippen molar-refractivity contribution in [2.75, 3.05) is 45.2 Å². The van der Waals surface area contributed by atoms with Gasteiger partial charge in [0, 0.05) is 57.1 Å². The molecule has 9 nitrogen and oxygen atoms in total. The number of aromatic amines is 1. The van der Waals surface area contributed by atoms with E-state index in [0.29, 0.717) is 12.5 Å². The third-order valence-corrected chi connectivity index (χ3v) is 8.17. The van der Waals surface area contributed by atoms with E-state index in [1.807, 2.05) is 18.6 Å². The molecule has 1 atom stereocenters. The van der Waals surface area contributed by atoms with Gasteiger partial charge < -0.3 is 14.8 Å². The van der Waals surface area contributed by atoms with Gasteiger partial charge in [-0.1, -0.05) is 25.2 Å². The maximum absolute atomic E-state index is 12.2. The van der Waals surface area contributed by atoms with Gasteiger partial charge in [-0.05, 0) is 37.8 Å². The second kappa shape index (κ2) is 8.91. The van der Waals surface area contributed by atoms with Crippen LogP contribution >= 0.6 is 11.3 Å². The number of carbonyl (C=O) groups excluding carboxylic acids is 1. The molecule has 1 aliphatic rings. The van der Waals surface area contributed by atoms with Crippen molar-refractivity contribution in [3.8, 4) is 11.3 Å². The molecule has 5 heterocycles. The maximum Gasteiger partial charge on any atom is 0.236 e. The van der Waals surface area contributed by atoms with Gasteiger partial charge in [0.2, 0.25) is 5.91 Å². The predicted octanol–water partition coefficient (Wildman–Crippen LogP) is 3.67. The average Bonchev–Trinajstić information content (AvgIpc) is 3.50. The molecule has 1 aliphatic heterocycles. The summed E-state index contributed by atoms with van der Waals surface area (Å²) in [6.45, 7) is 14.0. The van der Waals surface area contributed by atoms with Crippen LogP contribution < -0.4 is 4.90 Å². The zero-order valence-electron chi connectivity index (χ0n) is 21.6. The molecule has 186 valence electrons. The number of anilines is 1. The second-order valence-corrected chi connectivity index (χ2v) is 11.1. The standard InChI is InChI=1S/C25H34N8OS/c1-14(2)20-21(18-11-33-23(26-13-27-33)17(5)16(18)4)28-24-22(20)29-25(35-24)32-9-8-31(10-15(32)3)12-19(34)30(6)7/h11,13-15,28H,8-10,12H2,1-7H3/t15-/m1/s1. The van der Waals surface area contributed by atoms with Gasteiger partial charge in [0.25, 0.3) is 0 Å². The quantitative estimate of drug-likeness (QED) is 0.456. The molecule has 10 heteroatoms. The zero-order chi connectivity index (χ0) is 25.0. The van der Waals surface area contributed by atoms with Gasteiger partial charge >= 0.3 is 0 Å². The van der Waals surface area contributed by atoms with Crippen LogP contribution in [0, 0.1) is 13.8 Å². The molecule has 0 saturated carbocycles. The average molecular weight is 495 g/mol. The summed E-state index contributed by atoms with van der Waals surface area (Å²) in [5.41, 5.74) is 7.81. The number of hydrogen-bond donors (Lipinski definition) is 1. The summed E-state index contributed by atoms with van der Waals surface area (Å²) < 4.78 is 1.86. The van der Waals surface area contributed by atoms with Crippen LogP contribution in [0.4, 0.5) is 5.13 Å². The molecule has 1 saturated heterocycles. The summed E-state index contributed by atoms with van der Waals surface area (Å²) in [4.78, 5) is 32.8. The number of fused-ring (bicyclic) bond motifs is 2. The van der Waals surface area contributed by atoms with E-state index in [1.54, 1.807) is 22.6 Å². The molecule has 35 heavy (non-hydrogen) atoms. The van der Waals surface area contributed by atoms with Gasteiger partial charge in [-0.2, -0.15) is 5.10 Å². The van der Waals surface area contributed by atoms with Crippen LogP contribution in [-0.4, -0.2) is 86.6 Å². The van der Waals surface area contributed by atoms with Gasteiger partial charge in [0.1, 0.15) is 16.7 Å². The molecule has 1 amide bonds. The molecule has 5 rings (SSSR count). The number of piperazine rings is 1. The number of aryl methyl sites for hydroxylation is 1. The number of hydrogen-bond acceptors (Lipinski definition) is 7. The number of amides is 1. The summed E-state index contributed by atoms with van der Waals surface area (Å²) in [5.74, 6) is 0.461. The molecule has 0 aliphatic carbocycles. The summed E-state index contributed by atoms with van der Waals surface area (Å²) in [5, 5.41) is 5.43. The van der Waals surface area contributed by atoms with Crippen molar-refractivity contribution < 1.29 is 4.79 Å². The van der Waals surface area contributed by atoms with Crippen molar-refractivity contribution >= 4 is 38.4 Å². The van der Waals surface area contributed by atoms with E-state index in [4.69, 9.17) is 4.98 Å². The van der Waals surface area contributed by atoms with Crippen molar-refractivity contribution in [3.63, 3.8) is 0 Å². The number of thiazole rings is 1. The van der Waals surface area contributed by atoms with Crippen LogP contribution in [0.5, 0.6) is 0 Å². The Hall–Kier alpha value is -2.98. The number of aromatic nitrogens is 5. The number of rotatable bonds is 5. The van der Waals surface area contributed by atoms with Crippen molar-refractivity contribution in [2.45, 2.75) is 46.6 Å². The van der Waals surface area contributed by atoms with Gasteiger partial charge in [-0.15, -0.1) is 0 Å². The van der Waals surface area contributed by atoms with Crippen LogP contribution in [0.2, 0.25) is 0 Å². The van der Waals surface area contributed by atoms with E-state index in [-0.39, 0.29) is 11.9 Å². The third-order valence-electron chi connectivity index (χ3n) is 7.17. The lowest BCUT2D eigenvalue weighted by Crippen LogP contribution is -2.54. The van der Waals surface area contributed by atoms with Gasteiger partial charge in [-0.25, -0.2) is 14.5 Å². The van der Waals surface area contributed by atoms with E-state index in [1.165, 1.54) is 11.1 Å². The molecule has 4 aromatic rings. The first-order chi connectivity index (χ1) is 16.7. The number of nitrogens with zero attached hydrogens (tertiary/aromatic N) is 7. The highest BCUT2D eigenvalue weighted by Crippen LogP contribution is 2.41. The number of pyridine rings is 1. The molecule has 1 fully saturated rings. The Morgan fingerprint density at radius 3 is 2.71 bits per heavy atom. The van der Waals surface area contributed by atoms with Crippen LogP contribution in [0.25, 0.3) is 27.3 Å². The Morgan fingerprint density at radius 2 is 2.03 bits per heavy atom. The van der Waals surface area contributed by atoms with Crippen molar-refractivity contribution in [2.24, 2.45) is 0 Å². The Morgan fingerprint density at radius 1 is 1.26 bits per heavy atom. The van der Waals surface area contributed by atoms with E-state index < -0.39 is 0 Å². The fourth-order valence-electron chi connectivity index (χ4n) is 5.02. The van der Waals surface area contributed by atoms with Gasteiger partial charge in [0.15, 0.2) is 10.8 Å². The summed E-state index contributed by atoms with van der Waals surface area (Å²) in [6, 6.07) is 0.288. The number of carbonyl (C=O) groups is 1. The third kappa shape index (κ3) is 4.08. The van der Waals surface area contributed by atoms with Crippen LogP contribution in [0.15, 0.2) is 12.5 Å². The molecule has 0 bridgehead atoms. The Bertz CT molecular complexity index is 1400. The first-order valence-electron chi connectivity index (χ1n) is 12.2. The molecule has 0 unspecified atom stereocenters.